The minimum Gasteiger partial charge on any atom is -0.347 e. The molecule has 0 aliphatic rings. The van der Waals surface area contributed by atoms with E-state index in [9.17, 15) is 9.59 Å². The van der Waals surface area contributed by atoms with E-state index in [2.05, 4.69) is 20.7 Å². The van der Waals surface area contributed by atoms with Crippen LogP contribution in [0.5, 0.6) is 0 Å². The first-order valence-corrected chi connectivity index (χ1v) is 10.9. The predicted molar refractivity (Wildman–Crippen MR) is 116 cm³/mol. The number of nitrogens with zero attached hydrogens (tertiary/aromatic N) is 3. The van der Waals surface area contributed by atoms with Crippen molar-refractivity contribution in [3.8, 4) is 10.7 Å². The SMILES string of the molecule is Cc1ccc(Cl)cc1NC(=O)C(=O)NCCc1csc2nc(-c3cccs3)nn12. The van der Waals surface area contributed by atoms with Crippen LogP contribution in [0, 0.1) is 6.92 Å². The zero-order chi connectivity index (χ0) is 20.4. The number of amides is 2. The summed E-state index contributed by atoms with van der Waals surface area (Å²) in [7, 11) is 0. The molecule has 0 fully saturated rings. The Bertz CT molecular complexity index is 1180. The number of anilines is 1. The molecule has 0 aliphatic heterocycles. The molecule has 10 heteroatoms. The van der Waals surface area contributed by atoms with Gasteiger partial charge in [-0.3, -0.25) is 9.59 Å². The summed E-state index contributed by atoms with van der Waals surface area (Å²) in [5.74, 6) is -0.742. The van der Waals surface area contributed by atoms with Crippen LogP contribution in [-0.4, -0.2) is 33.0 Å². The van der Waals surface area contributed by atoms with Crippen molar-refractivity contribution < 1.29 is 9.59 Å². The highest BCUT2D eigenvalue weighted by molar-refractivity contribution is 7.15. The highest BCUT2D eigenvalue weighted by Gasteiger charge is 2.16. The number of carbonyl (C=O) groups is 2. The predicted octanol–water partition coefficient (Wildman–Crippen LogP) is 3.78. The molecule has 3 aromatic heterocycles. The number of hydrogen-bond acceptors (Lipinski definition) is 6. The smallest absolute Gasteiger partial charge is 0.313 e. The van der Waals surface area contributed by atoms with E-state index in [0.717, 1.165) is 21.1 Å². The summed E-state index contributed by atoms with van der Waals surface area (Å²) in [6, 6.07) is 9.05. The van der Waals surface area contributed by atoms with Gasteiger partial charge in [0.1, 0.15) is 0 Å². The van der Waals surface area contributed by atoms with Gasteiger partial charge in [-0.1, -0.05) is 23.7 Å². The molecule has 0 saturated heterocycles. The number of carbonyl (C=O) groups excluding carboxylic acids is 2. The van der Waals surface area contributed by atoms with Gasteiger partial charge < -0.3 is 10.6 Å². The molecule has 0 spiro atoms. The van der Waals surface area contributed by atoms with Crippen molar-refractivity contribution in [2.24, 2.45) is 0 Å². The van der Waals surface area contributed by atoms with Gasteiger partial charge >= 0.3 is 11.8 Å². The number of benzene rings is 1. The van der Waals surface area contributed by atoms with Crippen LogP contribution >= 0.6 is 34.3 Å². The van der Waals surface area contributed by atoms with Gasteiger partial charge in [-0.2, -0.15) is 4.98 Å². The number of rotatable bonds is 5. The van der Waals surface area contributed by atoms with E-state index in [1.54, 1.807) is 34.1 Å². The molecule has 29 heavy (non-hydrogen) atoms. The summed E-state index contributed by atoms with van der Waals surface area (Å²) in [6.45, 7) is 2.13. The van der Waals surface area contributed by atoms with E-state index in [-0.39, 0.29) is 0 Å². The average molecular weight is 446 g/mol. The Morgan fingerprint density at radius 1 is 1.21 bits per heavy atom. The molecule has 3 heterocycles. The summed E-state index contributed by atoms with van der Waals surface area (Å²) in [5, 5.41) is 14.2. The number of hydrogen-bond donors (Lipinski definition) is 2. The highest BCUT2D eigenvalue weighted by Crippen LogP contribution is 2.24. The van der Waals surface area contributed by atoms with Crippen LogP contribution in [0.3, 0.4) is 0 Å². The largest absolute Gasteiger partial charge is 0.347 e. The van der Waals surface area contributed by atoms with E-state index in [0.29, 0.717) is 29.5 Å². The Hall–Kier alpha value is -2.75. The Balaban J connectivity index is 1.35. The first-order valence-electron chi connectivity index (χ1n) is 8.73. The first-order chi connectivity index (χ1) is 14.0. The molecule has 148 valence electrons. The molecule has 0 radical (unpaired) electrons. The van der Waals surface area contributed by atoms with Gasteiger partial charge in [0, 0.05) is 29.1 Å². The number of aromatic nitrogens is 3. The fourth-order valence-corrected chi connectivity index (χ4v) is 4.38. The molecule has 4 aromatic rings. The molecular weight excluding hydrogens is 430 g/mol. The van der Waals surface area contributed by atoms with Gasteiger partial charge in [-0.05, 0) is 36.1 Å². The lowest BCUT2D eigenvalue weighted by Gasteiger charge is -2.09. The maximum atomic E-state index is 12.1. The second-order valence-electron chi connectivity index (χ2n) is 6.25. The second-order valence-corrected chi connectivity index (χ2v) is 8.47. The molecule has 0 atom stereocenters. The van der Waals surface area contributed by atoms with Crippen molar-refractivity contribution in [3.63, 3.8) is 0 Å². The van der Waals surface area contributed by atoms with Crippen molar-refractivity contribution in [1.82, 2.24) is 19.9 Å². The minimum absolute atomic E-state index is 0.306. The van der Waals surface area contributed by atoms with Crippen molar-refractivity contribution in [3.05, 3.63) is 57.4 Å². The van der Waals surface area contributed by atoms with Crippen LogP contribution in [0.15, 0.2) is 41.1 Å². The van der Waals surface area contributed by atoms with Crippen LogP contribution < -0.4 is 10.6 Å². The summed E-state index contributed by atoms with van der Waals surface area (Å²) in [5.41, 5.74) is 2.26. The first kappa shape index (κ1) is 19.6. The summed E-state index contributed by atoms with van der Waals surface area (Å²) < 4.78 is 1.78. The summed E-state index contributed by atoms with van der Waals surface area (Å²) >= 11 is 9.01. The van der Waals surface area contributed by atoms with Gasteiger partial charge in [0.2, 0.25) is 4.96 Å². The van der Waals surface area contributed by atoms with Crippen molar-refractivity contribution >= 4 is 56.7 Å². The third-order valence-electron chi connectivity index (χ3n) is 4.21. The molecule has 7 nitrogen and oxygen atoms in total. The van der Waals surface area contributed by atoms with Crippen LogP contribution in [0.25, 0.3) is 15.7 Å². The third-order valence-corrected chi connectivity index (χ3v) is 6.18. The van der Waals surface area contributed by atoms with Gasteiger partial charge in [-0.15, -0.1) is 27.8 Å². The van der Waals surface area contributed by atoms with Gasteiger partial charge in [0.05, 0.1) is 10.6 Å². The number of aryl methyl sites for hydroxylation is 1. The van der Waals surface area contributed by atoms with E-state index >= 15 is 0 Å². The molecule has 0 aliphatic carbocycles. The normalized spacial score (nSPS) is 11.0. The number of thiophene rings is 1. The summed E-state index contributed by atoms with van der Waals surface area (Å²) in [6.07, 6.45) is 0.530. The number of thiazole rings is 1. The van der Waals surface area contributed by atoms with E-state index in [1.807, 2.05) is 29.8 Å². The van der Waals surface area contributed by atoms with Crippen LogP contribution in [0.2, 0.25) is 5.02 Å². The standard InChI is InChI=1S/C19H16ClN5O2S2/c1-11-4-5-12(20)9-14(11)22-18(27)17(26)21-7-6-13-10-29-19-23-16(24-25(13)19)15-3-2-8-28-15/h2-5,8-10H,6-7H2,1H3,(H,21,26)(H,22,27). The monoisotopic (exact) mass is 445 g/mol. The number of nitrogens with one attached hydrogen (secondary N) is 2. The lowest BCUT2D eigenvalue weighted by atomic mass is 10.2. The Morgan fingerprint density at radius 3 is 2.86 bits per heavy atom. The van der Waals surface area contributed by atoms with Crippen LogP contribution in [0.1, 0.15) is 11.3 Å². The van der Waals surface area contributed by atoms with E-state index < -0.39 is 11.8 Å². The molecule has 0 saturated carbocycles. The Kier molecular flexibility index (Phi) is 5.61. The zero-order valence-electron chi connectivity index (χ0n) is 15.3. The molecule has 1 aromatic carbocycles. The highest BCUT2D eigenvalue weighted by atomic mass is 35.5. The topological polar surface area (TPSA) is 88.4 Å². The van der Waals surface area contributed by atoms with E-state index in [1.165, 1.54) is 11.3 Å². The maximum absolute atomic E-state index is 12.1. The van der Waals surface area contributed by atoms with E-state index in [4.69, 9.17) is 11.6 Å². The molecule has 2 N–H and O–H groups in total. The van der Waals surface area contributed by atoms with Gasteiger partial charge in [0.25, 0.3) is 0 Å². The Labute approximate surface area is 179 Å². The van der Waals surface area contributed by atoms with Crippen LogP contribution in [-0.2, 0) is 16.0 Å². The lowest BCUT2D eigenvalue weighted by molar-refractivity contribution is -0.136. The zero-order valence-corrected chi connectivity index (χ0v) is 17.7. The third kappa shape index (κ3) is 4.31. The molecular formula is C19H16ClN5O2S2. The lowest BCUT2D eigenvalue weighted by Crippen LogP contribution is -2.36. The van der Waals surface area contributed by atoms with Gasteiger partial charge in [-0.25, -0.2) is 4.52 Å². The summed E-state index contributed by atoms with van der Waals surface area (Å²) in [4.78, 5) is 30.6. The van der Waals surface area contributed by atoms with Crippen LogP contribution in [0.4, 0.5) is 5.69 Å². The minimum atomic E-state index is -0.730. The Morgan fingerprint density at radius 2 is 2.07 bits per heavy atom. The molecule has 0 unspecified atom stereocenters. The van der Waals surface area contributed by atoms with Crippen molar-refractivity contribution in [2.75, 3.05) is 11.9 Å². The average Bonchev–Trinajstić information content (AvgIpc) is 3.42. The van der Waals surface area contributed by atoms with Gasteiger partial charge in [0.15, 0.2) is 5.82 Å². The molecule has 2 amide bonds. The number of halogens is 1. The second kappa shape index (κ2) is 8.32. The van der Waals surface area contributed by atoms with Crippen molar-refractivity contribution in [1.29, 1.82) is 0 Å². The van der Waals surface area contributed by atoms with Crippen molar-refractivity contribution in [2.45, 2.75) is 13.3 Å². The fourth-order valence-electron chi connectivity index (χ4n) is 2.70. The quantitative estimate of drug-likeness (QED) is 0.457. The maximum Gasteiger partial charge on any atom is 0.313 e. The fraction of sp³-hybridized carbons (Fsp3) is 0.158. The molecule has 0 bridgehead atoms. The molecule has 4 rings (SSSR count). The number of fused-ring (bicyclic) bond motifs is 1.